The average molecular weight is 359 g/mol. The minimum absolute atomic E-state index is 0.0919. The second-order valence-corrected chi connectivity index (χ2v) is 6.42. The van der Waals surface area contributed by atoms with Crippen molar-refractivity contribution in [1.82, 2.24) is 15.1 Å². The van der Waals surface area contributed by atoms with Crippen molar-refractivity contribution in [3.63, 3.8) is 0 Å². The number of carbonyl (C=O) groups excluding carboxylic acids is 1. The molecule has 0 saturated carbocycles. The van der Waals surface area contributed by atoms with E-state index in [2.05, 4.69) is 10.4 Å². The number of hydrogen-bond acceptors (Lipinski definition) is 5. The van der Waals surface area contributed by atoms with Crippen molar-refractivity contribution >= 4 is 5.91 Å². The van der Waals surface area contributed by atoms with E-state index in [1.54, 1.807) is 18.0 Å². The SMILES string of the molecule is COc1cc(CNC(=O)Cn2cc(C)cn2)ccc1OCC1CCCO1. The molecule has 1 aliphatic heterocycles. The molecule has 1 atom stereocenters. The van der Waals surface area contributed by atoms with Gasteiger partial charge in [0.2, 0.25) is 5.91 Å². The lowest BCUT2D eigenvalue weighted by molar-refractivity contribution is -0.122. The number of aryl methyl sites for hydroxylation is 1. The van der Waals surface area contributed by atoms with Crippen molar-refractivity contribution < 1.29 is 19.0 Å². The maximum absolute atomic E-state index is 12.0. The van der Waals surface area contributed by atoms with E-state index in [9.17, 15) is 4.79 Å². The van der Waals surface area contributed by atoms with Crippen LogP contribution in [0.3, 0.4) is 0 Å². The number of methoxy groups -OCH3 is 1. The van der Waals surface area contributed by atoms with Crippen molar-refractivity contribution in [2.75, 3.05) is 20.3 Å². The zero-order chi connectivity index (χ0) is 18.4. The topological polar surface area (TPSA) is 74.6 Å². The van der Waals surface area contributed by atoms with Gasteiger partial charge in [-0.3, -0.25) is 9.48 Å². The molecule has 1 fully saturated rings. The first-order chi connectivity index (χ1) is 12.6. The van der Waals surface area contributed by atoms with Crippen LogP contribution in [0.1, 0.15) is 24.0 Å². The molecule has 1 N–H and O–H groups in total. The highest BCUT2D eigenvalue weighted by Gasteiger charge is 2.17. The first-order valence-corrected chi connectivity index (χ1v) is 8.81. The largest absolute Gasteiger partial charge is 0.493 e. The van der Waals surface area contributed by atoms with Crippen molar-refractivity contribution in [3.8, 4) is 11.5 Å². The van der Waals surface area contributed by atoms with E-state index in [1.165, 1.54) is 0 Å². The average Bonchev–Trinajstić information content (AvgIpc) is 3.30. The monoisotopic (exact) mass is 359 g/mol. The smallest absolute Gasteiger partial charge is 0.241 e. The van der Waals surface area contributed by atoms with Crippen molar-refractivity contribution in [3.05, 3.63) is 41.7 Å². The fourth-order valence-electron chi connectivity index (χ4n) is 2.86. The summed E-state index contributed by atoms with van der Waals surface area (Å²) in [6.07, 6.45) is 5.84. The van der Waals surface area contributed by atoms with Crippen LogP contribution in [0.2, 0.25) is 0 Å². The van der Waals surface area contributed by atoms with Gasteiger partial charge >= 0.3 is 0 Å². The van der Waals surface area contributed by atoms with E-state index in [4.69, 9.17) is 14.2 Å². The summed E-state index contributed by atoms with van der Waals surface area (Å²) in [6, 6.07) is 5.67. The maximum Gasteiger partial charge on any atom is 0.241 e. The molecule has 1 saturated heterocycles. The molecular formula is C19H25N3O4. The molecule has 2 aromatic rings. The molecule has 1 amide bonds. The van der Waals surface area contributed by atoms with E-state index in [1.807, 2.05) is 31.3 Å². The zero-order valence-electron chi connectivity index (χ0n) is 15.2. The first-order valence-electron chi connectivity index (χ1n) is 8.81. The molecule has 1 aromatic heterocycles. The van der Waals surface area contributed by atoms with Crippen molar-refractivity contribution in [1.29, 1.82) is 0 Å². The molecule has 2 heterocycles. The predicted molar refractivity (Wildman–Crippen MR) is 96.3 cm³/mol. The number of aromatic nitrogens is 2. The van der Waals surface area contributed by atoms with E-state index in [-0.39, 0.29) is 18.6 Å². The first kappa shape index (κ1) is 18.3. The van der Waals surface area contributed by atoms with E-state index >= 15 is 0 Å². The van der Waals surface area contributed by atoms with Crippen LogP contribution in [0, 0.1) is 6.92 Å². The third-order valence-electron chi connectivity index (χ3n) is 4.23. The van der Waals surface area contributed by atoms with Crippen LogP contribution in [0.5, 0.6) is 11.5 Å². The van der Waals surface area contributed by atoms with Gasteiger partial charge in [-0.05, 0) is 43.0 Å². The third kappa shape index (κ3) is 4.98. The number of benzene rings is 1. The van der Waals surface area contributed by atoms with Crippen LogP contribution in [-0.4, -0.2) is 42.1 Å². The van der Waals surface area contributed by atoms with Gasteiger partial charge in [-0.25, -0.2) is 0 Å². The zero-order valence-corrected chi connectivity index (χ0v) is 15.2. The van der Waals surface area contributed by atoms with E-state index in [0.717, 1.165) is 30.6 Å². The highest BCUT2D eigenvalue weighted by molar-refractivity contribution is 5.75. The number of nitrogens with zero attached hydrogens (tertiary/aromatic N) is 2. The Bertz CT molecular complexity index is 738. The van der Waals surface area contributed by atoms with Crippen LogP contribution in [0.4, 0.5) is 0 Å². The molecule has 140 valence electrons. The Morgan fingerprint density at radius 2 is 2.31 bits per heavy atom. The van der Waals surface area contributed by atoms with Crippen LogP contribution in [-0.2, 0) is 22.6 Å². The Labute approximate surface area is 153 Å². The number of nitrogens with one attached hydrogen (secondary N) is 1. The second-order valence-electron chi connectivity index (χ2n) is 6.42. The van der Waals surface area contributed by atoms with Gasteiger partial charge in [0.25, 0.3) is 0 Å². The summed E-state index contributed by atoms with van der Waals surface area (Å²) in [7, 11) is 1.61. The highest BCUT2D eigenvalue weighted by Crippen LogP contribution is 2.29. The Balaban J connectivity index is 1.52. The minimum atomic E-state index is -0.0919. The van der Waals surface area contributed by atoms with Crippen LogP contribution < -0.4 is 14.8 Å². The van der Waals surface area contributed by atoms with Crippen LogP contribution in [0.25, 0.3) is 0 Å². The molecule has 3 rings (SSSR count). The van der Waals surface area contributed by atoms with Crippen LogP contribution >= 0.6 is 0 Å². The summed E-state index contributed by atoms with van der Waals surface area (Å²) < 4.78 is 18.4. The maximum atomic E-state index is 12.0. The quantitative estimate of drug-likeness (QED) is 0.781. The van der Waals surface area contributed by atoms with Gasteiger partial charge in [-0.2, -0.15) is 5.10 Å². The standard InChI is InChI=1S/C19H25N3O4/c1-14-9-21-22(11-14)12-19(23)20-10-15-5-6-17(18(8-15)24-2)26-13-16-4-3-7-25-16/h5-6,8-9,11,16H,3-4,7,10,12-13H2,1-2H3,(H,20,23). The summed E-state index contributed by atoms with van der Waals surface area (Å²) in [6.45, 7) is 3.89. The molecule has 0 spiro atoms. The van der Waals surface area contributed by atoms with E-state index < -0.39 is 0 Å². The summed E-state index contributed by atoms with van der Waals surface area (Å²) in [5, 5.41) is 7.00. The summed E-state index contributed by atoms with van der Waals surface area (Å²) in [4.78, 5) is 12.0. The predicted octanol–water partition coefficient (Wildman–Crippen LogP) is 2.07. The number of ether oxygens (including phenoxy) is 3. The molecule has 1 unspecified atom stereocenters. The molecular weight excluding hydrogens is 334 g/mol. The molecule has 1 aromatic carbocycles. The lowest BCUT2D eigenvalue weighted by Crippen LogP contribution is -2.27. The molecule has 0 radical (unpaired) electrons. The Kier molecular flexibility index (Phi) is 6.12. The Morgan fingerprint density at radius 1 is 1.42 bits per heavy atom. The fourth-order valence-corrected chi connectivity index (χ4v) is 2.86. The number of rotatable bonds is 8. The summed E-state index contributed by atoms with van der Waals surface area (Å²) in [5.41, 5.74) is 1.97. The summed E-state index contributed by atoms with van der Waals surface area (Å²) in [5.74, 6) is 1.24. The lowest BCUT2D eigenvalue weighted by atomic mass is 10.2. The molecule has 26 heavy (non-hydrogen) atoms. The number of carbonyl (C=O) groups is 1. The highest BCUT2D eigenvalue weighted by atomic mass is 16.5. The molecule has 1 aliphatic rings. The number of amides is 1. The molecule has 0 aliphatic carbocycles. The van der Waals surface area contributed by atoms with Gasteiger partial charge in [0.1, 0.15) is 13.2 Å². The Hall–Kier alpha value is -2.54. The van der Waals surface area contributed by atoms with Gasteiger partial charge in [0.15, 0.2) is 11.5 Å². The van der Waals surface area contributed by atoms with Gasteiger partial charge in [-0.1, -0.05) is 6.07 Å². The van der Waals surface area contributed by atoms with Gasteiger partial charge in [-0.15, -0.1) is 0 Å². The summed E-state index contributed by atoms with van der Waals surface area (Å²) >= 11 is 0. The fraction of sp³-hybridized carbons (Fsp3) is 0.474. The van der Waals surface area contributed by atoms with Gasteiger partial charge in [0.05, 0.1) is 19.4 Å². The number of hydrogen-bond donors (Lipinski definition) is 1. The lowest BCUT2D eigenvalue weighted by Gasteiger charge is -2.15. The minimum Gasteiger partial charge on any atom is -0.493 e. The third-order valence-corrected chi connectivity index (χ3v) is 4.23. The second kappa shape index (κ2) is 8.71. The molecule has 0 bridgehead atoms. The van der Waals surface area contributed by atoms with Crippen molar-refractivity contribution in [2.45, 2.75) is 39.0 Å². The Morgan fingerprint density at radius 3 is 3.00 bits per heavy atom. The molecule has 7 heteroatoms. The van der Waals surface area contributed by atoms with Gasteiger partial charge in [0, 0.05) is 19.3 Å². The van der Waals surface area contributed by atoms with E-state index in [0.29, 0.717) is 24.7 Å². The van der Waals surface area contributed by atoms with Crippen molar-refractivity contribution in [2.24, 2.45) is 0 Å². The molecule has 7 nitrogen and oxygen atoms in total. The normalized spacial score (nSPS) is 16.5. The van der Waals surface area contributed by atoms with Gasteiger partial charge < -0.3 is 19.5 Å². The van der Waals surface area contributed by atoms with Crippen LogP contribution in [0.15, 0.2) is 30.6 Å².